The Morgan fingerprint density at radius 2 is 1.64 bits per heavy atom. The average Bonchev–Trinajstić information content (AvgIpc) is 3.41. The largest absolute Gasteiger partial charge is 1.00 e. The smallest absolute Gasteiger partial charge is 0.726 e. The molecule has 5 N–H and O–H groups in total. The summed E-state index contributed by atoms with van der Waals surface area (Å²) in [4.78, 5) is 0. The number of aliphatic hydroxyl groups excluding tert-OH is 4. The molecule has 1 heterocycles. The SMILES string of the molecule is CO[C@@H]1[C@@H](O)[C@H](O[C@H](CC[C@@H](C)[C@H]2C[C@H](O)[C@@H]3[C@]2(C)CCC2[C@@]4(C)CC[C@H](O)C[C@@H]4[C@@H](O)C[C@]23O)C(C)C)O[C@H]1COS(=O)(=O)[O-].[Na+]. The van der Waals surface area contributed by atoms with Crippen molar-refractivity contribution in [1.82, 2.24) is 0 Å². The van der Waals surface area contributed by atoms with Crippen molar-refractivity contribution >= 4 is 10.4 Å². The molecule has 5 rings (SSSR count). The molecular formula is C33H57NaO12S. The maximum Gasteiger partial charge on any atom is 1.00 e. The molecule has 47 heavy (non-hydrogen) atoms. The number of rotatable bonds is 11. The standard InChI is InChI=1S/C33H58O12S.Na/c1-17(2)24(44-30-27(37)28(42-6)25(45-30)16-43-46(39,40)41)8-7-18(3)20-14-22(35)29-32(20,5)12-10-26-31(4)11-9-19(34)13-21(31)23(36)15-33(26,29)38;/h17-30,34-38H,7-16H2,1-6H3,(H,39,40,41);/q;+1/p-1/t18-,19+,20-,21-,22+,23+,24-,25+,26?,27-,28+,29-,30-,31+,32-,33+;/m1./s1. The Hall–Kier alpha value is 0.550. The predicted molar refractivity (Wildman–Crippen MR) is 165 cm³/mol. The van der Waals surface area contributed by atoms with E-state index in [2.05, 4.69) is 25.0 Å². The third-order valence-electron chi connectivity index (χ3n) is 13.3. The van der Waals surface area contributed by atoms with Crippen LogP contribution >= 0.6 is 0 Å². The topological polar surface area (TPSA) is 195 Å². The monoisotopic (exact) mass is 700 g/mol. The van der Waals surface area contributed by atoms with E-state index in [4.69, 9.17) is 14.2 Å². The summed E-state index contributed by atoms with van der Waals surface area (Å²) in [5, 5.41) is 56.8. The Morgan fingerprint density at radius 1 is 0.979 bits per heavy atom. The molecule has 4 saturated carbocycles. The number of methoxy groups -OCH3 is 1. The van der Waals surface area contributed by atoms with Gasteiger partial charge in [0, 0.05) is 19.4 Å². The number of hydrogen-bond donors (Lipinski definition) is 5. The Kier molecular flexibility index (Phi) is 12.8. The average molecular weight is 701 g/mol. The summed E-state index contributed by atoms with van der Waals surface area (Å²) >= 11 is 0. The molecule has 4 aliphatic carbocycles. The van der Waals surface area contributed by atoms with Crippen molar-refractivity contribution in [3.63, 3.8) is 0 Å². The molecule has 0 aromatic rings. The van der Waals surface area contributed by atoms with Crippen molar-refractivity contribution in [3.8, 4) is 0 Å². The van der Waals surface area contributed by atoms with Crippen molar-refractivity contribution in [2.24, 2.45) is 46.3 Å². The molecule has 1 unspecified atom stereocenters. The molecule has 14 heteroatoms. The maximum atomic E-state index is 12.5. The number of ether oxygens (including phenoxy) is 3. The molecule has 0 spiro atoms. The summed E-state index contributed by atoms with van der Waals surface area (Å²) in [7, 11) is -3.60. The second-order valence-electron chi connectivity index (χ2n) is 16.2. The van der Waals surface area contributed by atoms with E-state index in [0.717, 1.165) is 25.7 Å². The molecule has 0 radical (unpaired) electrons. The number of fused-ring (bicyclic) bond motifs is 5. The molecule has 0 aromatic heterocycles. The van der Waals surface area contributed by atoms with Crippen molar-refractivity contribution in [2.45, 2.75) is 147 Å². The van der Waals surface area contributed by atoms with Gasteiger partial charge in [-0.2, -0.15) is 0 Å². The maximum absolute atomic E-state index is 12.5. The van der Waals surface area contributed by atoms with Crippen LogP contribution in [-0.2, 0) is 28.8 Å². The Balaban J connectivity index is 0.00000500. The minimum absolute atomic E-state index is 0. The summed E-state index contributed by atoms with van der Waals surface area (Å²) in [6, 6.07) is 0. The van der Waals surface area contributed by atoms with Crippen LogP contribution in [0.2, 0.25) is 0 Å². The first-order valence-corrected chi connectivity index (χ1v) is 18.6. The van der Waals surface area contributed by atoms with Crippen LogP contribution in [0.1, 0.15) is 92.4 Å². The van der Waals surface area contributed by atoms with Gasteiger partial charge in [0.25, 0.3) is 0 Å². The quantitative estimate of drug-likeness (QED) is 0.101. The van der Waals surface area contributed by atoms with Crippen molar-refractivity contribution in [1.29, 1.82) is 0 Å². The summed E-state index contributed by atoms with van der Waals surface area (Å²) in [6.45, 7) is 10.00. The molecule has 268 valence electrons. The second kappa shape index (κ2) is 14.9. The van der Waals surface area contributed by atoms with Crippen LogP contribution in [0.15, 0.2) is 0 Å². The van der Waals surface area contributed by atoms with E-state index >= 15 is 0 Å². The van der Waals surface area contributed by atoms with Crippen LogP contribution < -0.4 is 29.6 Å². The van der Waals surface area contributed by atoms with Crippen molar-refractivity contribution in [3.05, 3.63) is 0 Å². The van der Waals surface area contributed by atoms with Gasteiger partial charge in [0.2, 0.25) is 10.4 Å². The fraction of sp³-hybridized carbons (Fsp3) is 1.00. The van der Waals surface area contributed by atoms with Gasteiger partial charge in [-0.05, 0) is 91.8 Å². The molecule has 0 aromatic carbocycles. The molecule has 5 aliphatic rings. The van der Waals surface area contributed by atoms with Gasteiger partial charge in [-0.3, -0.25) is 4.18 Å². The summed E-state index contributed by atoms with van der Waals surface area (Å²) < 4.78 is 54.6. The Bertz CT molecular complexity index is 1180. The van der Waals surface area contributed by atoms with E-state index < -0.39 is 65.5 Å². The first-order valence-electron chi connectivity index (χ1n) is 17.2. The van der Waals surface area contributed by atoms with Gasteiger partial charge < -0.3 is 44.3 Å². The van der Waals surface area contributed by atoms with Gasteiger partial charge in [0.1, 0.15) is 18.3 Å². The van der Waals surface area contributed by atoms with Crippen LogP contribution in [0.4, 0.5) is 0 Å². The first-order chi connectivity index (χ1) is 21.4. The fourth-order valence-corrected chi connectivity index (χ4v) is 11.5. The summed E-state index contributed by atoms with van der Waals surface area (Å²) in [5.74, 6) is -0.0767. The van der Waals surface area contributed by atoms with Gasteiger partial charge in [-0.25, -0.2) is 8.42 Å². The van der Waals surface area contributed by atoms with E-state index in [1.807, 2.05) is 13.8 Å². The van der Waals surface area contributed by atoms with Crippen LogP contribution in [0.25, 0.3) is 0 Å². The van der Waals surface area contributed by atoms with Gasteiger partial charge in [0.15, 0.2) is 6.29 Å². The molecule has 16 atom stereocenters. The number of aliphatic hydroxyl groups is 5. The Morgan fingerprint density at radius 3 is 2.26 bits per heavy atom. The summed E-state index contributed by atoms with van der Waals surface area (Å²) in [5.41, 5.74) is -1.79. The fourth-order valence-electron chi connectivity index (χ4n) is 11.2. The van der Waals surface area contributed by atoms with E-state index in [0.29, 0.717) is 25.7 Å². The van der Waals surface area contributed by atoms with Crippen LogP contribution in [0.5, 0.6) is 0 Å². The molecule has 0 amide bonds. The van der Waals surface area contributed by atoms with Crippen LogP contribution in [-0.4, -0.2) is 107 Å². The Labute approximate surface area is 302 Å². The summed E-state index contributed by atoms with van der Waals surface area (Å²) in [6.07, 6.45) is -0.516. The van der Waals surface area contributed by atoms with Crippen LogP contribution in [0.3, 0.4) is 0 Å². The van der Waals surface area contributed by atoms with Crippen LogP contribution in [0, 0.1) is 46.3 Å². The molecule has 0 bridgehead atoms. The predicted octanol–water partition coefficient (Wildman–Crippen LogP) is -0.898. The van der Waals surface area contributed by atoms with Gasteiger partial charge in [-0.1, -0.05) is 34.6 Å². The minimum atomic E-state index is -4.95. The molecule has 12 nitrogen and oxygen atoms in total. The number of hydrogen-bond acceptors (Lipinski definition) is 12. The molecule has 1 aliphatic heterocycles. The minimum Gasteiger partial charge on any atom is -0.726 e. The zero-order valence-electron chi connectivity index (χ0n) is 29.2. The zero-order chi connectivity index (χ0) is 34.0. The molecular weight excluding hydrogens is 643 g/mol. The van der Waals surface area contributed by atoms with Gasteiger partial charge >= 0.3 is 29.6 Å². The molecule has 1 saturated heterocycles. The van der Waals surface area contributed by atoms with E-state index in [9.17, 15) is 38.5 Å². The third kappa shape index (κ3) is 7.56. The van der Waals surface area contributed by atoms with Gasteiger partial charge in [0.05, 0.1) is 36.6 Å². The van der Waals surface area contributed by atoms with Crippen molar-refractivity contribution < 1.29 is 86.5 Å². The van der Waals surface area contributed by atoms with E-state index in [1.54, 1.807) is 0 Å². The van der Waals surface area contributed by atoms with Gasteiger partial charge in [-0.15, -0.1) is 0 Å². The van der Waals surface area contributed by atoms with Crippen molar-refractivity contribution in [2.75, 3.05) is 13.7 Å². The zero-order valence-corrected chi connectivity index (χ0v) is 32.0. The molecule has 5 fully saturated rings. The first kappa shape index (κ1) is 40.3. The van der Waals surface area contributed by atoms with E-state index in [1.165, 1.54) is 7.11 Å². The second-order valence-corrected chi connectivity index (χ2v) is 17.2. The third-order valence-corrected chi connectivity index (χ3v) is 13.7. The normalized spacial score (nSPS) is 47.9. The van der Waals surface area contributed by atoms with E-state index in [-0.39, 0.29) is 88.4 Å².